The number of halogens is 1. The quantitative estimate of drug-likeness (QED) is 0.224. The van der Waals surface area contributed by atoms with Crippen LogP contribution in [0.1, 0.15) is 108 Å². The van der Waals surface area contributed by atoms with E-state index in [1.54, 1.807) is 7.11 Å². The fourth-order valence-electron chi connectivity index (χ4n) is 6.75. The zero-order valence-electron chi connectivity index (χ0n) is 29.3. The van der Waals surface area contributed by atoms with E-state index in [2.05, 4.69) is 30.5 Å². The number of hydrogen-bond donors (Lipinski definition) is 2. The maximum absolute atomic E-state index is 14.3. The van der Waals surface area contributed by atoms with Gasteiger partial charge in [-0.05, 0) is 119 Å². The van der Waals surface area contributed by atoms with Gasteiger partial charge < -0.3 is 29.7 Å². The molecule has 258 valence electrons. The number of ether oxygens (including phenoxy) is 3. The molecular weight excluding hydrogens is 626 g/mol. The minimum absolute atomic E-state index is 0.00284. The Kier molecular flexibility index (Phi) is 11.3. The van der Waals surface area contributed by atoms with Gasteiger partial charge in [0.1, 0.15) is 5.60 Å². The van der Waals surface area contributed by atoms with Gasteiger partial charge in [-0.1, -0.05) is 48.9 Å². The molecule has 2 unspecified atom stereocenters. The van der Waals surface area contributed by atoms with Gasteiger partial charge in [0.25, 0.3) is 0 Å². The van der Waals surface area contributed by atoms with Gasteiger partial charge in [0, 0.05) is 28.8 Å². The molecule has 48 heavy (non-hydrogen) atoms. The van der Waals surface area contributed by atoms with E-state index in [0.29, 0.717) is 16.5 Å². The average molecular weight is 676 g/mol. The summed E-state index contributed by atoms with van der Waals surface area (Å²) in [7, 11) is 1.63. The van der Waals surface area contributed by atoms with Crippen molar-refractivity contribution in [1.82, 2.24) is 10.6 Å². The first-order valence-corrected chi connectivity index (χ1v) is 17.5. The second kappa shape index (κ2) is 15.2. The third kappa shape index (κ3) is 8.45. The molecule has 0 bridgehead atoms. The van der Waals surface area contributed by atoms with E-state index in [1.165, 1.54) is 0 Å². The molecule has 3 aromatic rings. The van der Waals surface area contributed by atoms with Crippen molar-refractivity contribution in [1.29, 1.82) is 0 Å². The molecule has 2 aliphatic rings. The number of alkyl carbamates (subject to hydrolysis) is 1. The number of para-hydroxylation sites is 1. The highest BCUT2D eigenvalue weighted by Gasteiger charge is 2.38. The van der Waals surface area contributed by atoms with Crippen molar-refractivity contribution in [2.24, 2.45) is 0 Å². The van der Waals surface area contributed by atoms with E-state index in [1.807, 2.05) is 87.2 Å². The molecular formula is C39H50ClN3O5. The number of fused-ring (bicyclic) bond motifs is 1. The molecule has 0 aromatic heterocycles. The minimum Gasteiger partial charge on any atom is -0.493 e. The van der Waals surface area contributed by atoms with Gasteiger partial charge >= 0.3 is 6.09 Å². The maximum atomic E-state index is 14.3. The van der Waals surface area contributed by atoms with Gasteiger partial charge in [-0.25, -0.2) is 4.79 Å². The highest BCUT2D eigenvalue weighted by molar-refractivity contribution is 6.30. The first-order valence-electron chi connectivity index (χ1n) is 17.2. The summed E-state index contributed by atoms with van der Waals surface area (Å²) >= 11 is 6.34. The summed E-state index contributed by atoms with van der Waals surface area (Å²) in [4.78, 5) is 28.5. The lowest BCUT2D eigenvalue weighted by atomic mass is 9.86. The van der Waals surface area contributed by atoms with Crippen molar-refractivity contribution in [3.63, 3.8) is 0 Å². The summed E-state index contributed by atoms with van der Waals surface area (Å²) in [6.07, 6.45) is 4.33. The molecule has 3 atom stereocenters. The van der Waals surface area contributed by atoms with Gasteiger partial charge in [-0.3, -0.25) is 4.79 Å². The third-order valence-electron chi connectivity index (χ3n) is 9.27. The molecule has 1 saturated carbocycles. The molecule has 9 heteroatoms. The van der Waals surface area contributed by atoms with Crippen LogP contribution >= 0.6 is 11.6 Å². The smallest absolute Gasteiger partial charge is 0.407 e. The summed E-state index contributed by atoms with van der Waals surface area (Å²) in [6, 6.07) is 19.9. The number of anilines is 1. The first kappa shape index (κ1) is 35.6. The lowest BCUT2D eigenvalue weighted by molar-refractivity contribution is -0.118. The molecule has 1 heterocycles. The van der Waals surface area contributed by atoms with E-state index in [9.17, 15) is 9.59 Å². The molecule has 3 aromatic carbocycles. The lowest BCUT2D eigenvalue weighted by Crippen LogP contribution is -2.45. The molecule has 0 radical (unpaired) electrons. The van der Waals surface area contributed by atoms with Crippen molar-refractivity contribution in [2.45, 2.75) is 116 Å². The Bertz CT molecular complexity index is 1580. The maximum Gasteiger partial charge on any atom is 0.407 e. The Hall–Kier alpha value is -3.75. The van der Waals surface area contributed by atoms with Gasteiger partial charge in [-0.15, -0.1) is 0 Å². The van der Waals surface area contributed by atoms with Crippen LogP contribution in [0.5, 0.6) is 11.5 Å². The summed E-state index contributed by atoms with van der Waals surface area (Å²) in [6.45, 7) is 11.9. The van der Waals surface area contributed by atoms with Crippen LogP contribution in [0.2, 0.25) is 5.02 Å². The van der Waals surface area contributed by atoms with Crippen LogP contribution < -0.4 is 25.0 Å². The highest BCUT2D eigenvalue weighted by Crippen LogP contribution is 2.45. The summed E-state index contributed by atoms with van der Waals surface area (Å²) in [5, 5.41) is 7.51. The van der Waals surface area contributed by atoms with Gasteiger partial charge in [0.05, 0.1) is 25.7 Å². The molecule has 2 N–H and O–H groups in total. The molecule has 0 saturated heterocycles. The number of amides is 2. The van der Waals surface area contributed by atoms with Crippen LogP contribution in [-0.2, 0) is 16.0 Å². The van der Waals surface area contributed by atoms with E-state index >= 15 is 0 Å². The number of nitrogens with one attached hydrogen (secondary N) is 2. The topological polar surface area (TPSA) is 89.1 Å². The zero-order valence-corrected chi connectivity index (χ0v) is 30.0. The predicted molar refractivity (Wildman–Crippen MR) is 191 cm³/mol. The number of rotatable bonds is 10. The van der Waals surface area contributed by atoms with E-state index in [4.69, 9.17) is 25.8 Å². The Morgan fingerprint density at radius 2 is 1.65 bits per heavy atom. The number of hydrogen-bond acceptors (Lipinski definition) is 6. The third-order valence-corrected chi connectivity index (χ3v) is 9.53. The van der Waals surface area contributed by atoms with Gasteiger partial charge in [0.2, 0.25) is 5.91 Å². The molecule has 1 fully saturated rings. The zero-order chi connectivity index (χ0) is 34.6. The van der Waals surface area contributed by atoms with Gasteiger partial charge in [-0.2, -0.15) is 0 Å². The van der Waals surface area contributed by atoms with Crippen LogP contribution in [0.4, 0.5) is 10.5 Å². The van der Waals surface area contributed by atoms with Crippen molar-refractivity contribution < 1.29 is 23.8 Å². The molecule has 1 aliphatic heterocycles. The first-order chi connectivity index (χ1) is 22.9. The normalized spacial score (nSPS) is 20.8. The second-order valence-electron chi connectivity index (χ2n) is 14.1. The fraction of sp³-hybridized carbons (Fsp3) is 0.487. The summed E-state index contributed by atoms with van der Waals surface area (Å²) in [5.41, 5.74) is 4.28. The Balaban J connectivity index is 1.43. The highest BCUT2D eigenvalue weighted by atomic mass is 35.5. The monoisotopic (exact) mass is 675 g/mol. The minimum atomic E-state index is -0.521. The molecule has 2 amide bonds. The number of methoxy groups -OCH3 is 1. The van der Waals surface area contributed by atoms with Crippen molar-refractivity contribution in [3.8, 4) is 11.5 Å². The standard InChI is InChI=1S/C39H50ClN3O5/c1-8-24(2)47-35-23-32-27(21-34(35)46-7)22-36(44)43(37(32)26-13-15-28(40)16-14-26)33-12-10-9-11-31(33)25(3)41-29-17-19-30(20-18-29)42-38(45)48-39(4,5)6/h9-16,21,23-25,29-30,37,41H,8,17-20,22H2,1-7H3,(H,42,45)/t24-,25?,29?,30?,37?/m1/s1. The van der Waals surface area contributed by atoms with Crippen molar-refractivity contribution in [2.75, 3.05) is 12.0 Å². The average Bonchev–Trinajstić information content (AvgIpc) is 3.04. The van der Waals surface area contributed by atoms with E-state index < -0.39 is 11.6 Å². The molecule has 0 spiro atoms. The second-order valence-corrected chi connectivity index (χ2v) is 14.5. The molecule has 5 rings (SSSR count). The van der Waals surface area contributed by atoms with Crippen LogP contribution in [0.3, 0.4) is 0 Å². The summed E-state index contributed by atoms with van der Waals surface area (Å²) in [5.74, 6) is 1.30. The Morgan fingerprint density at radius 1 is 0.979 bits per heavy atom. The van der Waals surface area contributed by atoms with Crippen molar-refractivity contribution in [3.05, 3.63) is 87.9 Å². The largest absolute Gasteiger partial charge is 0.493 e. The number of nitrogens with zero attached hydrogens (tertiary/aromatic N) is 1. The van der Waals surface area contributed by atoms with Crippen LogP contribution in [0, 0.1) is 0 Å². The molecule has 8 nitrogen and oxygen atoms in total. The van der Waals surface area contributed by atoms with E-state index in [0.717, 1.165) is 60.0 Å². The lowest BCUT2D eigenvalue weighted by Gasteiger charge is -2.40. The SMILES string of the molecule is CC[C@@H](C)Oc1cc2c(cc1OC)CC(=O)N(c1ccccc1C(C)NC1CCC(NC(=O)OC(C)(C)C)CC1)C2c1ccc(Cl)cc1. The Morgan fingerprint density at radius 3 is 2.29 bits per heavy atom. The van der Waals surface area contributed by atoms with E-state index in [-0.39, 0.29) is 42.7 Å². The molecule has 1 aliphatic carbocycles. The Labute approximate surface area is 290 Å². The van der Waals surface area contributed by atoms with Gasteiger partial charge in [0.15, 0.2) is 11.5 Å². The summed E-state index contributed by atoms with van der Waals surface area (Å²) < 4.78 is 17.5. The number of carbonyl (C=O) groups is 2. The fourth-order valence-corrected chi connectivity index (χ4v) is 6.88. The van der Waals surface area contributed by atoms with Crippen LogP contribution in [0.15, 0.2) is 60.7 Å². The van der Waals surface area contributed by atoms with Crippen molar-refractivity contribution >= 4 is 29.3 Å². The number of carbonyl (C=O) groups excluding carboxylic acids is 2. The van der Waals surface area contributed by atoms with Crippen LogP contribution in [0.25, 0.3) is 0 Å². The number of benzene rings is 3. The predicted octanol–water partition coefficient (Wildman–Crippen LogP) is 8.69. The van der Waals surface area contributed by atoms with Crippen LogP contribution in [-0.4, -0.2) is 42.9 Å².